The number of sulfonamides is 1. The molecular formula is C23H25ClN2O4S. The van der Waals surface area contributed by atoms with E-state index in [1.54, 1.807) is 18.2 Å². The molecular weight excluding hydrogens is 436 g/mol. The Morgan fingerprint density at radius 3 is 2.48 bits per heavy atom. The topological polar surface area (TPSA) is 75.7 Å². The van der Waals surface area contributed by atoms with Gasteiger partial charge in [-0.3, -0.25) is 9.10 Å². The zero-order valence-corrected chi connectivity index (χ0v) is 19.0. The molecule has 0 radical (unpaired) electrons. The number of carbonyl (C=O) groups is 1. The van der Waals surface area contributed by atoms with Crippen molar-refractivity contribution in [3.05, 3.63) is 71.2 Å². The minimum absolute atomic E-state index is 0.130. The summed E-state index contributed by atoms with van der Waals surface area (Å²) in [5.41, 5.74) is 1.45. The summed E-state index contributed by atoms with van der Waals surface area (Å²) in [6.45, 7) is 0.596. The number of amides is 1. The van der Waals surface area contributed by atoms with Crippen LogP contribution in [0, 0.1) is 0 Å². The van der Waals surface area contributed by atoms with Crippen molar-refractivity contribution in [2.24, 2.45) is 0 Å². The highest BCUT2D eigenvalue weighted by atomic mass is 35.5. The zero-order valence-electron chi connectivity index (χ0n) is 17.5. The van der Waals surface area contributed by atoms with Crippen molar-refractivity contribution in [1.82, 2.24) is 5.32 Å². The molecule has 0 fully saturated rings. The number of anilines is 1. The molecule has 1 N–H and O–H groups in total. The van der Waals surface area contributed by atoms with Crippen LogP contribution in [0.2, 0.25) is 5.02 Å². The lowest BCUT2D eigenvalue weighted by molar-refractivity contribution is -0.121. The number of hydrogen-bond donors (Lipinski definition) is 1. The van der Waals surface area contributed by atoms with Crippen LogP contribution in [-0.4, -0.2) is 34.2 Å². The van der Waals surface area contributed by atoms with Crippen LogP contribution in [0.4, 0.5) is 5.69 Å². The van der Waals surface area contributed by atoms with Gasteiger partial charge in [0, 0.05) is 19.5 Å². The number of fused-ring (bicyclic) bond motifs is 1. The molecule has 0 unspecified atom stereocenters. The molecule has 0 heterocycles. The average Bonchev–Trinajstić information content (AvgIpc) is 2.74. The molecule has 0 atom stereocenters. The van der Waals surface area contributed by atoms with E-state index in [2.05, 4.69) is 11.4 Å². The first-order valence-electron chi connectivity index (χ1n) is 9.83. The number of hydrogen-bond acceptors (Lipinski definition) is 4. The second-order valence-electron chi connectivity index (χ2n) is 7.22. The predicted molar refractivity (Wildman–Crippen MR) is 125 cm³/mol. The highest BCUT2D eigenvalue weighted by Gasteiger charge is 2.19. The summed E-state index contributed by atoms with van der Waals surface area (Å²) >= 11 is 6.13. The maximum absolute atomic E-state index is 12.3. The molecule has 164 valence electrons. The maximum atomic E-state index is 12.3. The Kier molecular flexibility index (Phi) is 7.41. The number of rotatable bonds is 9. The largest absolute Gasteiger partial charge is 0.495 e. The number of methoxy groups -OCH3 is 1. The zero-order chi connectivity index (χ0) is 22.4. The Morgan fingerprint density at radius 1 is 1.06 bits per heavy atom. The van der Waals surface area contributed by atoms with Crippen molar-refractivity contribution in [3.8, 4) is 5.75 Å². The highest BCUT2D eigenvalue weighted by Crippen LogP contribution is 2.30. The molecule has 3 aromatic rings. The van der Waals surface area contributed by atoms with Gasteiger partial charge < -0.3 is 10.1 Å². The smallest absolute Gasteiger partial charge is 0.232 e. The highest BCUT2D eigenvalue weighted by molar-refractivity contribution is 7.92. The summed E-state index contributed by atoms with van der Waals surface area (Å²) in [6, 6.07) is 18.9. The lowest BCUT2D eigenvalue weighted by atomic mass is 10.1. The molecule has 0 aromatic heterocycles. The first-order chi connectivity index (χ1) is 14.8. The van der Waals surface area contributed by atoms with E-state index >= 15 is 0 Å². The first kappa shape index (κ1) is 22.9. The van der Waals surface area contributed by atoms with Crippen LogP contribution in [0.3, 0.4) is 0 Å². The van der Waals surface area contributed by atoms with E-state index in [1.807, 2.05) is 36.4 Å². The number of ether oxygens (including phenoxy) is 1. The monoisotopic (exact) mass is 460 g/mol. The fraction of sp³-hybridized carbons (Fsp3) is 0.261. The van der Waals surface area contributed by atoms with E-state index in [4.69, 9.17) is 16.3 Å². The molecule has 3 aromatic carbocycles. The van der Waals surface area contributed by atoms with E-state index in [-0.39, 0.29) is 18.9 Å². The summed E-state index contributed by atoms with van der Waals surface area (Å²) in [5, 5.41) is 5.49. The molecule has 31 heavy (non-hydrogen) atoms. The van der Waals surface area contributed by atoms with Crippen LogP contribution < -0.4 is 14.4 Å². The summed E-state index contributed by atoms with van der Waals surface area (Å²) < 4.78 is 30.8. The number of benzene rings is 3. The van der Waals surface area contributed by atoms with Crippen molar-refractivity contribution in [2.75, 3.05) is 24.2 Å². The van der Waals surface area contributed by atoms with Gasteiger partial charge in [-0.25, -0.2) is 8.42 Å². The Bertz CT molecular complexity index is 1180. The fourth-order valence-corrected chi connectivity index (χ4v) is 4.53. The standard InChI is InChI=1S/C23H25ClN2O4S/c1-30-22-12-11-20(15-21(22)24)26(31(2,28)29)13-5-8-23(27)25-16-17-9-10-18-6-3-4-7-19(18)14-17/h3-4,6-7,9-12,14-15H,5,8,13,16H2,1-2H3,(H,25,27). The van der Waals surface area contributed by atoms with Gasteiger partial charge in [0.05, 0.1) is 24.1 Å². The lowest BCUT2D eigenvalue weighted by Gasteiger charge is -2.23. The van der Waals surface area contributed by atoms with Gasteiger partial charge >= 0.3 is 0 Å². The third kappa shape index (κ3) is 6.12. The van der Waals surface area contributed by atoms with Crippen LogP contribution >= 0.6 is 11.6 Å². The molecule has 0 bridgehead atoms. The fourth-order valence-electron chi connectivity index (χ4n) is 3.32. The molecule has 6 nitrogen and oxygen atoms in total. The Balaban J connectivity index is 1.56. The molecule has 0 aliphatic heterocycles. The predicted octanol–water partition coefficient (Wildman–Crippen LogP) is 4.36. The van der Waals surface area contributed by atoms with E-state index in [0.29, 0.717) is 29.4 Å². The average molecular weight is 461 g/mol. The summed E-state index contributed by atoms with van der Waals surface area (Å²) in [5.74, 6) is 0.335. The molecule has 0 aliphatic rings. The number of carbonyl (C=O) groups excluding carboxylic acids is 1. The van der Waals surface area contributed by atoms with Crippen LogP contribution in [0.5, 0.6) is 5.75 Å². The Labute approximate surface area is 187 Å². The van der Waals surface area contributed by atoms with E-state index < -0.39 is 10.0 Å². The maximum Gasteiger partial charge on any atom is 0.232 e. The summed E-state index contributed by atoms with van der Waals surface area (Å²) in [4.78, 5) is 12.3. The molecule has 0 saturated carbocycles. The molecule has 1 amide bonds. The first-order valence-corrected chi connectivity index (χ1v) is 12.1. The minimum atomic E-state index is -3.53. The number of nitrogens with zero attached hydrogens (tertiary/aromatic N) is 1. The van der Waals surface area contributed by atoms with Gasteiger partial charge in [0.2, 0.25) is 15.9 Å². The summed E-state index contributed by atoms with van der Waals surface area (Å²) in [6.07, 6.45) is 1.72. The van der Waals surface area contributed by atoms with Crippen LogP contribution in [0.1, 0.15) is 18.4 Å². The van der Waals surface area contributed by atoms with Gasteiger partial charge in [-0.05, 0) is 47.0 Å². The van der Waals surface area contributed by atoms with Gasteiger partial charge in [-0.15, -0.1) is 0 Å². The van der Waals surface area contributed by atoms with Crippen molar-refractivity contribution < 1.29 is 17.9 Å². The number of nitrogens with one attached hydrogen (secondary N) is 1. The second-order valence-corrected chi connectivity index (χ2v) is 9.53. The van der Waals surface area contributed by atoms with E-state index in [0.717, 1.165) is 22.6 Å². The van der Waals surface area contributed by atoms with Crippen LogP contribution in [-0.2, 0) is 21.4 Å². The van der Waals surface area contributed by atoms with Gasteiger partial charge in [0.1, 0.15) is 5.75 Å². The Hall–Kier alpha value is -2.77. The quantitative estimate of drug-likeness (QED) is 0.514. The number of halogens is 1. The SMILES string of the molecule is COc1ccc(N(CCCC(=O)NCc2ccc3ccccc3c2)S(C)(=O)=O)cc1Cl. The molecule has 8 heteroatoms. The van der Waals surface area contributed by atoms with E-state index in [9.17, 15) is 13.2 Å². The van der Waals surface area contributed by atoms with Crippen molar-refractivity contribution in [3.63, 3.8) is 0 Å². The van der Waals surface area contributed by atoms with Crippen molar-refractivity contribution in [2.45, 2.75) is 19.4 Å². The molecule has 0 spiro atoms. The normalized spacial score (nSPS) is 11.3. The van der Waals surface area contributed by atoms with Gasteiger partial charge in [-0.1, -0.05) is 48.0 Å². The minimum Gasteiger partial charge on any atom is -0.495 e. The van der Waals surface area contributed by atoms with Gasteiger partial charge in [-0.2, -0.15) is 0 Å². The second kappa shape index (κ2) is 10.0. The lowest BCUT2D eigenvalue weighted by Crippen LogP contribution is -2.32. The van der Waals surface area contributed by atoms with Gasteiger partial charge in [0.25, 0.3) is 0 Å². The third-order valence-electron chi connectivity index (χ3n) is 4.89. The Morgan fingerprint density at radius 2 is 1.81 bits per heavy atom. The van der Waals surface area contributed by atoms with Crippen LogP contribution in [0.25, 0.3) is 10.8 Å². The molecule has 0 aliphatic carbocycles. The van der Waals surface area contributed by atoms with E-state index in [1.165, 1.54) is 11.4 Å². The summed E-state index contributed by atoms with van der Waals surface area (Å²) in [7, 11) is -2.03. The molecule has 3 rings (SSSR count). The van der Waals surface area contributed by atoms with Crippen molar-refractivity contribution >= 4 is 44.0 Å². The van der Waals surface area contributed by atoms with Crippen LogP contribution in [0.15, 0.2) is 60.7 Å². The third-order valence-corrected chi connectivity index (χ3v) is 6.38. The van der Waals surface area contributed by atoms with Crippen molar-refractivity contribution in [1.29, 1.82) is 0 Å². The molecule has 0 saturated heterocycles. The van der Waals surface area contributed by atoms with Gasteiger partial charge in [0.15, 0.2) is 0 Å².